The number of anilines is 2. The molecule has 1 saturated carbocycles. The number of fused-ring (bicyclic) bond motifs is 1. The predicted molar refractivity (Wildman–Crippen MR) is 110 cm³/mol. The molecule has 2 aliphatic rings. The van der Waals surface area contributed by atoms with Gasteiger partial charge in [0.15, 0.2) is 0 Å². The van der Waals surface area contributed by atoms with Gasteiger partial charge in [-0.1, -0.05) is 25.0 Å². The fraction of sp³-hybridized carbons (Fsp3) is 0.381. The number of rotatable bonds is 3. The van der Waals surface area contributed by atoms with E-state index in [9.17, 15) is 14.4 Å². The van der Waals surface area contributed by atoms with Crippen LogP contribution in [-0.4, -0.2) is 30.3 Å². The Kier molecular flexibility index (Phi) is 5.43. The molecule has 2 aromatic rings. The maximum Gasteiger partial charge on any atom is 0.313 e. The Hall–Kier alpha value is -2.67. The maximum absolute atomic E-state index is 12.8. The number of aryl methyl sites for hydroxylation is 1. The van der Waals surface area contributed by atoms with Crippen molar-refractivity contribution < 1.29 is 14.4 Å². The van der Waals surface area contributed by atoms with Crippen LogP contribution in [0.4, 0.5) is 11.4 Å². The first-order valence-electron chi connectivity index (χ1n) is 9.72. The first-order valence-corrected chi connectivity index (χ1v) is 10.6. The first-order chi connectivity index (χ1) is 13.6. The van der Waals surface area contributed by atoms with Gasteiger partial charge < -0.3 is 15.5 Å². The molecular formula is C21H23N3O3S. The summed E-state index contributed by atoms with van der Waals surface area (Å²) >= 11 is 1.42. The van der Waals surface area contributed by atoms with Crippen LogP contribution in [0.2, 0.25) is 0 Å². The highest BCUT2D eigenvalue weighted by Crippen LogP contribution is 2.32. The van der Waals surface area contributed by atoms with Crippen molar-refractivity contribution in [3.8, 4) is 0 Å². The lowest BCUT2D eigenvalue weighted by molar-refractivity contribution is -0.136. The Morgan fingerprint density at radius 1 is 1.04 bits per heavy atom. The van der Waals surface area contributed by atoms with Gasteiger partial charge in [0.2, 0.25) is 0 Å². The summed E-state index contributed by atoms with van der Waals surface area (Å²) in [4.78, 5) is 39.7. The molecule has 0 atom stereocenters. The third-order valence-corrected chi connectivity index (χ3v) is 6.19. The number of nitrogens with zero attached hydrogens (tertiary/aromatic N) is 1. The van der Waals surface area contributed by atoms with Crippen molar-refractivity contribution in [3.63, 3.8) is 0 Å². The standard InChI is InChI=1S/C21H23N3O3S/c25-19(22-15-6-1-2-7-15)20(26)23-16-10-9-14-5-3-11-24(17(14)13-16)21(27)18-8-4-12-28-18/h4,8-10,12-13,15H,1-3,5-7,11H2,(H,22,25)(H,23,26). The van der Waals surface area contributed by atoms with E-state index in [1.807, 2.05) is 23.6 Å². The van der Waals surface area contributed by atoms with E-state index in [0.29, 0.717) is 17.1 Å². The Morgan fingerprint density at radius 3 is 2.61 bits per heavy atom. The fourth-order valence-electron chi connectivity index (χ4n) is 3.91. The van der Waals surface area contributed by atoms with Crippen molar-refractivity contribution in [2.45, 2.75) is 44.6 Å². The van der Waals surface area contributed by atoms with Crippen molar-refractivity contribution in [3.05, 3.63) is 46.2 Å². The number of hydrogen-bond acceptors (Lipinski definition) is 4. The minimum Gasteiger partial charge on any atom is -0.345 e. The molecule has 0 unspecified atom stereocenters. The summed E-state index contributed by atoms with van der Waals surface area (Å²) in [5.74, 6) is -1.30. The largest absolute Gasteiger partial charge is 0.345 e. The number of carbonyl (C=O) groups excluding carboxylic acids is 3. The van der Waals surface area contributed by atoms with Crippen molar-refractivity contribution >= 4 is 40.4 Å². The molecule has 3 amide bonds. The second-order valence-electron chi connectivity index (χ2n) is 7.29. The van der Waals surface area contributed by atoms with Crippen molar-refractivity contribution in [2.75, 3.05) is 16.8 Å². The summed E-state index contributed by atoms with van der Waals surface area (Å²) in [6.07, 6.45) is 5.83. The van der Waals surface area contributed by atoms with Gasteiger partial charge in [-0.3, -0.25) is 14.4 Å². The summed E-state index contributed by atoms with van der Waals surface area (Å²) in [5.41, 5.74) is 2.40. The zero-order valence-corrected chi connectivity index (χ0v) is 16.4. The molecule has 4 rings (SSSR count). The molecule has 1 aromatic carbocycles. The second-order valence-corrected chi connectivity index (χ2v) is 8.24. The van der Waals surface area contributed by atoms with Crippen LogP contribution in [0.1, 0.15) is 47.3 Å². The van der Waals surface area contributed by atoms with Crippen LogP contribution >= 0.6 is 11.3 Å². The van der Waals surface area contributed by atoms with Gasteiger partial charge in [0.1, 0.15) is 0 Å². The Labute approximate surface area is 167 Å². The van der Waals surface area contributed by atoms with E-state index in [2.05, 4.69) is 10.6 Å². The van der Waals surface area contributed by atoms with E-state index in [1.54, 1.807) is 17.0 Å². The molecule has 2 N–H and O–H groups in total. The van der Waals surface area contributed by atoms with E-state index < -0.39 is 11.8 Å². The first kappa shape index (κ1) is 18.7. The van der Waals surface area contributed by atoms with E-state index in [-0.39, 0.29) is 11.9 Å². The number of nitrogens with one attached hydrogen (secondary N) is 2. The maximum atomic E-state index is 12.8. The van der Waals surface area contributed by atoms with Gasteiger partial charge in [-0.15, -0.1) is 11.3 Å². The monoisotopic (exact) mass is 397 g/mol. The Balaban J connectivity index is 1.49. The molecule has 0 spiro atoms. The molecule has 2 heterocycles. The molecule has 6 nitrogen and oxygen atoms in total. The highest BCUT2D eigenvalue weighted by Gasteiger charge is 2.26. The van der Waals surface area contributed by atoms with Crippen LogP contribution in [0.3, 0.4) is 0 Å². The molecule has 146 valence electrons. The van der Waals surface area contributed by atoms with Crippen LogP contribution < -0.4 is 15.5 Å². The van der Waals surface area contributed by atoms with Gasteiger partial charge in [0.05, 0.1) is 4.88 Å². The zero-order chi connectivity index (χ0) is 19.5. The third kappa shape index (κ3) is 3.94. The van der Waals surface area contributed by atoms with Crippen molar-refractivity contribution in [1.82, 2.24) is 5.32 Å². The van der Waals surface area contributed by atoms with Gasteiger partial charge in [0, 0.05) is 24.0 Å². The number of benzene rings is 1. The van der Waals surface area contributed by atoms with Crippen LogP contribution in [-0.2, 0) is 16.0 Å². The number of carbonyl (C=O) groups is 3. The predicted octanol–water partition coefficient (Wildman–Crippen LogP) is 3.34. The molecule has 1 aromatic heterocycles. The molecule has 0 bridgehead atoms. The summed E-state index contributed by atoms with van der Waals surface area (Å²) < 4.78 is 0. The van der Waals surface area contributed by atoms with Gasteiger partial charge in [-0.2, -0.15) is 0 Å². The second kappa shape index (κ2) is 8.14. The summed E-state index contributed by atoms with van der Waals surface area (Å²) in [6.45, 7) is 0.642. The summed E-state index contributed by atoms with van der Waals surface area (Å²) in [6, 6.07) is 9.29. The van der Waals surface area contributed by atoms with E-state index >= 15 is 0 Å². The van der Waals surface area contributed by atoms with E-state index in [4.69, 9.17) is 0 Å². The molecule has 0 saturated heterocycles. The zero-order valence-electron chi connectivity index (χ0n) is 15.6. The van der Waals surface area contributed by atoms with Gasteiger partial charge in [-0.05, 0) is 54.8 Å². The minimum absolute atomic E-state index is 0.0293. The quantitative estimate of drug-likeness (QED) is 0.780. The number of hydrogen-bond donors (Lipinski definition) is 2. The molecule has 1 aliphatic carbocycles. The fourth-order valence-corrected chi connectivity index (χ4v) is 4.58. The molecule has 0 radical (unpaired) electrons. The van der Waals surface area contributed by atoms with E-state index in [0.717, 1.165) is 49.8 Å². The van der Waals surface area contributed by atoms with Crippen LogP contribution in [0.15, 0.2) is 35.7 Å². The van der Waals surface area contributed by atoms with Gasteiger partial charge in [-0.25, -0.2) is 0 Å². The van der Waals surface area contributed by atoms with Gasteiger partial charge >= 0.3 is 11.8 Å². The van der Waals surface area contributed by atoms with Crippen LogP contribution in [0, 0.1) is 0 Å². The molecule has 1 aliphatic heterocycles. The third-order valence-electron chi connectivity index (χ3n) is 5.34. The minimum atomic E-state index is -0.668. The van der Waals surface area contributed by atoms with Crippen molar-refractivity contribution in [2.24, 2.45) is 0 Å². The van der Waals surface area contributed by atoms with E-state index in [1.165, 1.54) is 11.3 Å². The lowest BCUT2D eigenvalue weighted by Gasteiger charge is -2.29. The summed E-state index contributed by atoms with van der Waals surface area (Å²) in [7, 11) is 0. The van der Waals surface area contributed by atoms with Crippen LogP contribution in [0.25, 0.3) is 0 Å². The molecule has 7 heteroatoms. The van der Waals surface area contributed by atoms with Crippen LogP contribution in [0.5, 0.6) is 0 Å². The highest BCUT2D eigenvalue weighted by atomic mass is 32.1. The highest BCUT2D eigenvalue weighted by molar-refractivity contribution is 7.12. The number of amides is 3. The molecular weight excluding hydrogens is 374 g/mol. The normalized spacial score (nSPS) is 16.5. The Bertz CT molecular complexity index is 888. The lowest BCUT2D eigenvalue weighted by Crippen LogP contribution is -2.40. The number of thiophene rings is 1. The average Bonchev–Trinajstić information content (AvgIpc) is 3.41. The molecule has 1 fully saturated rings. The smallest absolute Gasteiger partial charge is 0.313 e. The summed E-state index contributed by atoms with van der Waals surface area (Å²) in [5, 5.41) is 7.35. The average molecular weight is 398 g/mol. The SMILES string of the molecule is O=C(Nc1ccc2c(c1)N(C(=O)c1cccs1)CCC2)C(=O)NC1CCCC1. The Morgan fingerprint density at radius 2 is 1.86 bits per heavy atom. The molecule has 28 heavy (non-hydrogen) atoms. The van der Waals surface area contributed by atoms with Crippen molar-refractivity contribution in [1.29, 1.82) is 0 Å². The van der Waals surface area contributed by atoms with Gasteiger partial charge in [0.25, 0.3) is 5.91 Å². The topological polar surface area (TPSA) is 78.5 Å². The lowest BCUT2D eigenvalue weighted by atomic mass is 10.0.